The van der Waals surface area contributed by atoms with Gasteiger partial charge in [0.2, 0.25) is 17.6 Å². The van der Waals surface area contributed by atoms with Gasteiger partial charge in [0.05, 0.1) is 0 Å². The fourth-order valence-electron chi connectivity index (χ4n) is 2.39. The number of hydrogen-bond acceptors (Lipinski definition) is 6. The number of hydrogen-bond donors (Lipinski definition) is 0. The molecule has 25 heavy (non-hydrogen) atoms. The lowest BCUT2D eigenvalue weighted by molar-refractivity contribution is 0.446. The normalized spacial score (nSPS) is 11.0. The molecular weight excluding hydrogens is 340 g/mol. The summed E-state index contributed by atoms with van der Waals surface area (Å²) in [7, 11) is 0. The van der Waals surface area contributed by atoms with Crippen LogP contribution in [0.4, 0.5) is 0 Å². The smallest absolute Gasteiger partial charge is 0.247 e. The third-order valence-electron chi connectivity index (χ3n) is 3.67. The highest BCUT2D eigenvalue weighted by molar-refractivity contribution is 6.30. The number of aromatic nitrogens is 6. The number of tetrazole rings is 1. The second-order valence-corrected chi connectivity index (χ2v) is 5.90. The Bertz CT molecular complexity index is 1010. The molecule has 0 saturated carbocycles. The van der Waals surface area contributed by atoms with E-state index in [1.807, 2.05) is 43.3 Å². The molecule has 0 radical (unpaired) electrons. The van der Waals surface area contributed by atoms with Crippen molar-refractivity contribution in [1.29, 1.82) is 0 Å². The first-order chi connectivity index (χ1) is 12.2. The average molecular weight is 353 g/mol. The minimum atomic E-state index is 0.249. The van der Waals surface area contributed by atoms with Gasteiger partial charge in [-0.3, -0.25) is 0 Å². The van der Waals surface area contributed by atoms with E-state index in [2.05, 4.69) is 25.6 Å². The first-order valence-electron chi connectivity index (χ1n) is 7.61. The molecular formula is C17H13ClN6O. The van der Waals surface area contributed by atoms with Gasteiger partial charge in [-0.1, -0.05) is 35.9 Å². The molecule has 2 aromatic carbocycles. The fraction of sp³-hybridized carbons (Fsp3) is 0.118. The van der Waals surface area contributed by atoms with Gasteiger partial charge in [0.25, 0.3) is 0 Å². The van der Waals surface area contributed by atoms with E-state index in [-0.39, 0.29) is 6.54 Å². The van der Waals surface area contributed by atoms with Crippen LogP contribution in [0.5, 0.6) is 0 Å². The zero-order valence-electron chi connectivity index (χ0n) is 13.3. The molecule has 7 nitrogen and oxygen atoms in total. The largest absolute Gasteiger partial charge is 0.419 e. The van der Waals surface area contributed by atoms with Crippen LogP contribution in [-0.4, -0.2) is 30.4 Å². The second-order valence-electron chi connectivity index (χ2n) is 5.47. The highest BCUT2D eigenvalue weighted by Gasteiger charge is 2.12. The molecule has 0 aliphatic rings. The molecule has 0 aliphatic carbocycles. The summed E-state index contributed by atoms with van der Waals surface area (Å²) in [5.74, 6) is 1.39. The molecule has 0 spiro atoms. The van der Waals surface area contributed by atoms with Crippen molar-refractivity contribution in [1.82, 2.24) is 30.4 Å². The van der Waals surface area contributed by atoms with E-state index in [1.165, 1.54) is 4.80 Å². The van der Waals surface area contributed by atoms with Crippen LogP contribution in [0, 0.1) is 6.92 Å². The minimum Gasteiger partial charge on any atom is -0.419 e. The summed E-state index contributed by atoms with van der Waals surface area (Å²) in [5.41, 5.74) is 2.83. The van der Waals surface area contributed by atoms with Gasteiger partial charge in [-0.2, -0.15) is 4.80 Å². The van der Waals surface area contributed by atoms with Gasteiger partial charge in [0.15, 0.2) is 0 Å². The van der Waals surface area contributed by atoms with Crippen molar-refractivity contribution in [3.05, 3.63) is 65.0 Å². The lowest BCUT2D eigenvalue weighted by atomic mass is 10.1. The average Bonchev–Trinajstić information content (AvgIpc) is 3.26. The van der Waals surface area contributed by atoms with Crippen LogP contribution in [0.15, 0.2) is 52.9 Å². The molecule has 0 aliphatic heterocycles. The van der Waals surface area contributed by atoms with E-state index in [1.54, 1.807) is 12.1 Å². The number of aryl methyl sites for hydroxylation is 1. The van der Waals surface area contributed by atoms with Crippen LogP contribution in [0.1, 0.15) is 11.5 Å². The summed E-state index contributed by atoms with van der Waals surface area (Å²) in [4.78, 5) is 1.43. The van der Waals surface area contributed by atoms with Crippen LogP contribution < -0.4 is 0 Å². The number of rotatable bonds is 4. The molecule has 0 N–H and O–H groups in total. The summed E-state index contributed by atoms with van der Waals surface area (Å²) in [6.07, 6.45) is 0. The van der Waals surface area contributed by atoms with Gasteiger partial charge < -0.3 is 4.42 Å². The monoisotopic (exact) mass is 352 g/mol. The van der Waals surface area contributed by atoms with Crippen molar-refractivity contribution >= 4 is 11.6 Å². The lowest BCUT2D eigenvalue weighted by Crippen LogP contribution is -2.04. The predicted molar refractivity (Wildman–Crippen MR) is 91.8 cm³/mol. The number of nitrogens with zero attached hydrogens (tertiary/aromatic N) is 6. The predicted octanol–water partition coefficient (Wildman–Crippen LogP) is 3.40. The van der Waals surface area contributed by atoms with Crippen LogP contribution in [-0.2, 0) is 6.54 Å². The van der Waals surface area contributed by atoms with Gasteiger partial charge in [0, 0.05) is 16.1 Å². The van der Waals surface area contributed by atoms with Gasteiger partial charge >= 0.3 is 0 Å². The zero-order chi connectivity index (χ0) is 17.2. The minimum absolute atomic E-state index is 0.249. The molecule has 0 saturated heterocycles. The summed E-state index contributed by atoms with van der Waals surface area (Å²) < 4.78 is 5.66. The maximum Gasteiger partial charge on any atom is 0.247 e. The third-order valence-corrected chi connectivity index (χ3v) is 3.93. The Morgan fingerprint density at radius 2 is 1.80 bits per heavy atom. The van der Waals surface area contributed by atoms with Gasteiger partial charge in [0.1, 0.15) is 6.54 Å². The first-order valence-corrected chi connectivity index (χ1v) is 7.99. The summed E-state index contributed by atoms with van der Waals surface area (Å²) in [6.45, 7) is 2.26. The summed E-state index contributed by atoms with van der Waals surface area (Å²) in [5, 5.41) is 21.3. The quantitative estimate of drug-likeness (QED) is 0.559. The van der Waals surface area contributed by atoms with Crippen LogP contribution in [0.3, 0.4) is 0 Å². The maximum atomic E-state index is 5.88. The first kappa shape index (κ1) is 15.5. The van der Waals surface area contributed by atoms with E-state index in [0.717, 1.165) is 16.7 Å². The van der Waals surface area contributed by atoms with E-state index in [4.69, 9.17) is 16.0 Å². The van der Waals surface area contributed by atoms with Crippen LogP contribution in [0.2, 0.25) is 5.02 Å². The van der Waals surface area contributed by atoms with Crippen molar-refractivity contribution in [3.63, 3.8) is 0 Å². The molecule has 0 atom stereocenters. The summed E-state index contributed by atoms with van der Waals surface area (Å²) in [6, 6.07) is 15.1. The number of halogens is 1. The molecule has 0 unspecified atom stereocenters. The maximum absolute atomic E-state index is 5.88. The standard InChI is InChI=1S/C17H13ClN6O/c1-11-4-2-3-5-14(11)16-20-23-24(22-16)10-15-19-21-17(25-15)12-6-8-13(18)9-7-12/h2-9H,10H2,1H3. The van der Waals surface area contributed by atoms with Gasteiger partial charge in [-0.15, -0.1) is 20.4 Å². The van der Waals surface area contributed by atoms with E-state index in [0.29, 0.717) is 22.6 Å². The Labute approximate surface area is 148 Å². The van der Waals surface area contributed by atoms with Crippen molar-refractivity contribution in [2.75, 3.05) is 0 Å². The molecule has 4 aromatic rings. The third kappa shape index (κ3) is 3.27. The molecule has 2 heterocycles. The Morgan fingerprint density at radius 1 is 1.00 bits per heavy atom. The number of benzene rings is 2. The van der Waals surface area contributed by atoms with Crippen molar-refractivity contribution in [3.8, 4) is 22.8 Å². The van der Waals surface area contributed by atoms with E-state index < -0.39 is 0 Å². The molecule has 0 bridgehead atoms. The Hall–Kier alpha value is -3.06. The molecule has 124 valence electrons. The highest BCUT2D eigenvalue weighted by atomic mass is 35.5. The lowest BCUT2D eigenvalue weighted by Gasteiger charge is -1.98. The molecule has 4 rings (SSSR count). The fourth-order valence-corrected chi connectivity index (χ4v) is 2.52. The molecule has 0 fully saturated rings. The summed E-state index contributed by atoms with van der Waals surface area (Å²) >= 11 is 5.88. The topological polar surface area (TPSA) is 82.5 Å². The van der Waals surface area contributed by atoms with Gasteiger partial charge in [-0.25, -0.2) is 0 Å². The van der Waals surface area contributed by atoms with Crippen molar-refractivity contribution in [2.24, 2.45) is 0 Å². The van der Waals surface area contributed by atoms with Gasteiger partial charge in [-0.05, 0) is 42.0 Å². The highest BCUT2D eigenvalue weighted by Crippen LogP contribution is 2.21. The Kier molecular flexibility index (Phi) is 3.99. The Balaban J connectivity index is 1.54. The molecule has 2 aromatic heterocycles. The zero-order valence-corrected chi connectivity index (χ0v) is 14.1. The molecule has 0 amide bonds. The van der Waals surface area contributed by atoms with Crippen LogP contribution in [0.25, 0.3) is 22.8 Å². The molecule has 8 heteroatoms. The SMILES string of the molecule is Cc1ccccc1-c1nnn(Cc2nnc(-c3ccc(Cl)cc3)o2)n1. The Morgan fingerprint density at radius 3 is 2.60 bits per heavy atom. The van der Waals surface area contributed by atoms with E-state index >= 15 is 0 Å². The van der Waals surface area contributed by atoms with E-state index in [9.17, 15) is 0 Å². The van der Waals surface area contributed by atoms with Crippen molar-refractivity contribution in [2.45, 2.75) is 13.5 Å². The van der Waals surface area contributed by atoms with Crippen LogP contribution >= 0.6 is 11.6 Å². The second kappa shape index (κ2) is 6.45. The van der Waals surface area contributed by atoms with Crippen molar-refractivity contribution < 1.29 is 4.42 Å².